The van der Waals surface area contributed by atoms with Crippen LogP contribution in [0.1, 0.15) is 6.42 Å². The first-order chi connectivity index (χ1) is 5.84. The van der Waals surface area contributed by atoms with E-state index in [1.807, 2.05) is 30.3 Å². The van der Waals surface area contributed by atoms with Crippen molar-refractivity contribution in [2.45, 2.75) is 6.42 Å². The summed E-state index contributed by atoms with van der Waals surface area (Å²) in [4.78, 5) is 0. The molecule has 0 heterocycles. The van der Waals surface area contributed by atoms with Crippen LogP contribution in [0.3, 0.4) is 0 Å². The molecule has 0 fully saturated rings. The first kappa shape index (κ1) is 12.6. The van der Waals surface area contributed by atoms with Crippen molar-refractivity contribution in [1.29, 1.82) is 0 Å². The fraction of sp³-hybridized carbons (Fsp3) is 0.333. The molecule has 0 aliphatic heterocycles. The largest absolute Gasteiger partial charge is 0.396 e. The van der Waals surface area contributed by atoms with Crippen molar-refractivity contribution < 1.29 is 5.11 Å². The maximum Gasteiger partial charge on any atom is 0.0523 e. The summed E-state index contributed by atoms with van der Waals surface area (Å²) < 4.78 is 1.61. The van der Waals surface area contributed by atoms with Gasteiger partial charge in [-0.1, -0.05) is 18.2 Å². The van der Waals surface area contributed by atoms with E-state index < -0.39 is 0 Å². The Morgan fingerprint density at radius 3 is 2.38 bits per heavy atom. The molecule has 0 unspecified atom stereocenters. The van der Waals surface area contributed by atoms with Crippen LogP contribution in [0.15, 0.2) is 30.3 Å². The average molecular weight is 222 g/mol. The lowest BCUT2D eigenvalue weighted by Crippen LogP contribution is -2.12. The van der Waals surface area contributed by atoms with Crippen LogP contribution in [0.2, 0.25) is 0 Å². The molecule has 0 amide bonds. The standard InChI is InChI=1S/C9H12ClNO.ClH/c10-11(7-4-8-12)9-5-2-1-3-6-9;/h1-3,5-6,12H,4,7-8H2;1H. The van der Waals surface area contributed by atoms with Gasteiger partial charge in [-0.2, -0.15) is 0 Å². The molecule has 0 bridgehead atoms. The monoisotopic (exact) mass is 221 g/mol. The number of aliphatic hydroxyl groups is 1. The molecule has 4 heteroatoms. The van der Waals surface area contributed by atoms with E-state index in [0.717, 1.165) is 5.69 Å². The fourth-order valence-corrected chi connectivity index (χ4v) is 1.16. The molecule has 0 radical (unpaired) electrons. The highest BCUT2D eigenvalue weighted by Crippen LogP contribution is 2.15. The van der Waals surface area contributed by atoms with Crippen molar-refractivity contribution in [3.63, 3.8) is 0 Å². The number of hydrogen-bond acceptors (Lipinski definition) is 2. The SMILES string of the molecule is Cl.OCCCN(Cl)c1ccccc1. The Morgan fingerprint density at radius 1 is 1.23 bits per heavy atom. The van der Waals surface area contributed by atoms with Crippen LogP contribution >= 0.6 is 24.2 Å². The summed E-state index contributed by atoms with van der Waals surface area (Å²) >= 11 is 5.91. The first-order valence-corrected chi connectivity index (χ1v) is 4.27. The Balaban J connectivity index is 0.00000144. The highest BCUT2D eigenvalue weighted by atomic mass is 35.5. The van der Waals surface area contributed by atoms with Gasteiger partial charge in [0.05, 0.1) is 5.69 Å². The lowest BCUT2D eigenvalue weighted by Gasteiger charge is -2.14. The van der Waals surface area contributed by atoms with E-state index in [-0.39, 0.29) is 19.0 Å². The minimum atomic E-state index is 0. The number of benzene rings is 1. The number of anilines is 1. The number of nitrogens with zero attached hydrogens (tertiary/aromatic N) is 1. The van der Waals surface area contributed by atoms with Gasteiger partial charge in [-0.05, 0) is 18.6 Å². The Labute approximate surface area is 89.6 Å². The van der Waals surface area contributed by atoms with Gasteiger partial charge in [-0.15, -0.1) is 12.4 Å². The molecule has 1 aromatic rings. The van der Waals surface area contributed by atoms with Gasteiger partial charge in [0.15, 0.2) is 0 Å². The third-order valence-corrected chi connectivity index (χ3v) is 1.91. The van der Waals surface area contributed by atoms with Crippen molar-refractivity contribution in [1.82, 2.24) is 0 Å². The van der Waals surface area contributed by atoms with E-state index in [4.69, 9.17) is 16.9 Å². The van der Waals surface area contributed by atoms with Crippen LogP contribution < -0.4 is 4.42 Å². The van der Waals surface area contributed by atoms with Gasteiger partial charge in [-0.3, -0.25) is 4.42 Å². The quantitative estimate of drug-likeness (QED) is 0.791. The van der Waals surface area contributed by atoms with E-state index in [0.29, 0.717) is 13.0 Å². The number of hydrogen-bond donors (Lipinski definition) is 1. The van der Waals surface area contributed by atoms with Crippen molar-refractivity contribution in [2.24, 2.45) is 0 Å². The second kappa shape index (κ2) is 7.01. The molecule has 0 saturated heterocycles. The third-order valence-electron chi connectivity index (χ3n) is 1.55. The molecule has 0 aromatic heterocycles. The van der Waals surface area contributed by atoms with E-state index in [1.54, 1.807) is 4.42 Å². The smallest absolute Gasteiger partial charge is 0.0523 e. The molecule has 0 aliphatic carbocycles. The van der Waals surface area contributed by atoms with Crippen molar-refractivity contribution in [3.05, 3.63) is 30.3 Å². The molecule has 0 spiro atoms. The predicted molar refractivity (Wildman–Crippen MR) is 58.6 cm³/mol. The highest BCUT2D eigenvalue weighted by Gasteiger charge is 1.99. The minimum absolute atomic E-state index is 0. The van der Waals surface area contributed by atoms with Crippen LogP contribution in [0.4, 0.5) is 5.69 Å². The van der Waals surface area contributed by atoms with E-state index in [9.17, 15) is 0 Å². The van der Waals surface area contributed by atoms with E-state index >= 15 is 0 Å². The third kappa shape index (κ3) is 4.36. The summed E-state index contributed by atoms with van der Waals surface area (Å²) in [5.41, 5.74) is 0.965. The Bertz CT molecular complexity index is 218. The zero-order valence-corrected chi connectivity index (χ0v) is 8.76. The molecular formula is C9H13Cl2NO. The Morgan fingerprint density at radius 2 is 1.85 bits per heavy atom. The van der Waals surface area contributed by atoms with Gasteiger partial charge in [0, 0.05) is 24.9 Å². The molecule has 0 aliphatic rings. The summed E-state index contributed by atoms with van der Waals surface area (Å²) in [5, 5.41) is 8.58. The van der Waals surface area contributed by atoms with Crippen LogP contribution in [0.25, 0.3) is 0 Å². The van der Waals surface area contributed by atoms with Gasteiger partial charge in [0.2, 0.25) is 0 Å². The van der Waals surface area contributed by atoms with E-state index in [1.165, 1.54) is 0 Å². The van der Waals surface area contributed by atoms with Crippen molar-refractivity contribution >= 4 is 29.9 Å². The minimum Gasteiger partial charge on any atom is -0.396 e. The molecule has 1 rings (SSSR count). The number of aliphatic hydroxyl groups excluding tert-OH is 1. The van der Waals surface area contributed by atoms with Crippen molar-refractivity contribution in [3.8, 4) is 0 Å². The topological polar surface area (TPSA) is 23.5 Å². The van der Waals surface area contributed by atoms with Crippen LogP contribution in [0, 0.1) is 0 Å². The van der Waals surface area contributed by atoms with Crippen LogP contribution in [0.5, 0.6) is 0 Å². The maximum absolute atomic E-state index is 8.58. The second-order valence-corrected chi connectivity index (χ2v) is 2.91. The normalized spacial score (nSPS) is 9.08. The summed E-state index contributed by atoms with van der Waals surface area (Å²) in [6, 6.07) is 9.68. The van der Waals surface area contributed by atoms with Gasteiger partial charge in [0.25, 0.3) is 0 Å². The molecular weight excluding hydrogens is 209 g/mol. The molecule has 0 saturated carbocycles. The van der Waals surface area contributed by atoms with Crippen molar-refractivity contribution in [2.75, 3.05) is 17.6 Å². The molecule has 1 aromatic carbocycles. The lowest BCUT2D eigenvalue weighted by atomic mass is 10.3. The molecule has 1 N–H and O–H groups in total. The zero-order chi connectivity index (χ0) is 8.81. The lowest BCUT2D eigenvalue weighted by molar-refractivity contribution is 0.291. The van der Waals surface area contributed by atoms with Crippen LogP contribution in [-0.2, 0) is 0 Å². The Kier molecular flexibility index (Phi) is 6.77. The first-order valence-electron chi connectivity index (χ1n) is 3.94. The summed E-state index contributed by atoms with van der Waals surface area (Å²) in [7, 11) is 0. The number of halogens is 2. The summed E-state index contributed by atoms with van der Waals surface area (Å²) in [6.45, 7) is 0.845. The zero-order valence-electron chi connectivity index (χ0n) is 7.19. The highest BCUT2D eigenvalue weighted by molar-refractivity contribution is 6.25. The average Bonchev–Trinajstić information content (AvgIpc) is 2.15. The molecule has 13 heavy (non-hydrogen) atoms. The van der Waals surface area contributed by atoms with E-state index in [2.05, 4.69) is 0 Å². The van der Waals surface area contributed by atoms with Gasteiger partial charge in [-0.25, -0.2) is 0 Å². The summed E-state index contributed by atoms with van der Waals surface area (Å²) in [5.74, 6) is 0. The Hall–Kier alpha value is -0.440. The number of rotatable bonds is 4. The van der Waals surface area contributed by atoms with Gasteiger partial charge >= 0.3 is 0 Å². The molecule has 0 atom stereocenters. The fourth-order valence-electron chi connectivity index (χ4n) is 0.928. The maximum atomic E-state index is 8.58. The predicted octanol–water partition coefficient (Wildman–Crippen LogP) is 2.45. The number of para-hydroxylation sites is 1. The van der Waals surface area contributed by atoms with Crippen LogP contribution in [-0.4, -0.2) is 18.3 Å². The second-order valence-electron chi connectivity index (χ2n) is 2.50. The molecule has 74 valence electrons. The van der Waals surface area contributed by atoms with Gasteiger partial charge < -0.3 is 5.11 Å². The van der Waals surface area contributed by atoms with Gasteiger partial charge in [0.1, 0.15) is 0 Å². The molecule has 2 nitrogen and oxygen atoms in total. The summed E-state index contributed by atoms with van der Waals surface area (Å²) in [6.07, 6.45) is 0.693.